The minimum absolute atomic E-state index is 0.0332. The molecule has 2 saturated carbocycles. The number of carbonyl (C=O) groups is 4. The van der Waals surface area contributed by atoms with Gasteiger partial charge in [-0.15, -0.1) is 11.3 Å². The molecule has 0 radical (unpaired) electrons. The summed E-state index contributed by atoms with van der Waals surface area (Å²) in [6.45, 7) is 9.78. The fraction of sp³-hybridized carbons (Fsp3) is 0.630. The molecule has 0 unspecified atom stereocenters. The summed E-state index contributed by atoms with van der Waals surface area (Å²) in [4.78, 5) is 71.6. The second kappa shape index (κ2) is 19.1. The van der Waals surface area contributed by atoms with Crippen molar-refractivity contribution in [1.29, 1.82) is 0 Å². The summed E-state index contributed by atoms with van der Waals surface area (Å²) in [5, 5.41) is 11.3. The number of esters is 1. The molecule has 5 aliphatic heterocycles. The lowest BCUT2D eigenvalue weighted by Gasteiger charge is -2.56. The summed E-state index contributed by atoms with van der Waals surface area (Å²) in [5.74, 6) is -0.216. The van der Waals surface area contributed by atoms with E-state index in [0.717, 1.165) is 45.1 Å². The summed E-state index contributed by atoms with van der Waals surface area (Å²) in [6.07, 6.45) is 6.66. The van der Waals surface area contributed by atoms with Gasteiger partial charge in [-0.05, 0) is 112 Å². The van der Waals surface area contributed by atoms with E-state index in [1.807, 2.05) is 50.1 Å². The molecular formula is C54H68F3N9O5S. The number of amides is 3. The van der Waals surface area contributed by atoms with Crippen LogP contribution >= 0.6 is 11.3 Å². The van der Waals surface area contributed by atoms with Crippen molar-refractivity contribution in [3.63, 3.8) is 0 Å². The van der Waals surface area contributed by atoms with Gasteiger partial charge in [-0.1, -0.05) is 46.6 Å². The molecule has 4 aromatic rings. The molecule has 14 nitrogen and oxygen atoms in total. The number of cyclic esters (lactones) is 1. The lowest BCUT2D eigenvalue weighted by molar-refractivity contribution is -0.155. The van der Waals surface area contributed by atoms with Gasteiger partial charge in [-0.3, -0.25) is 39.4 Å². The number of benzene rings is 1. The number of carbonyl (C=O) groups excluding carboxylic acids is 4. The van der Waals surface area contributed by atoms with Crippen LogP contribution in [0.1, 0.15) is 114 Å². The van der Waals surface area contributed by atoms with Crippen LogP contribution in [0.3, 0.4) is 0 Å². The average molecular weight is 1010 g/mol. The summed E-state index contributed by atoms with van der Waals surface area (Å²) in [6, 6.07) is 6.99. The zero-order valence-corrected chi connectivity index (χ0v) is 42.7. The van der Waals surface area contributed by atoms with Gasteiger partial charge >= 0.3 is 12.1 Å². The number of ether oxygens (including phenoxy) is 1. The largest absolute Gasteiger partial charge is 0.464 e. The standard InChI is InChI=1S/C54H68F3N9O5S/c1-31(2)43-35(12-7-19-58-43)47-37-24-52(3,4)30-71-51(70)38-13-8-21-66(62-38)49(68)39(23-42-59-40(25-72-42)34-16-17-41(36(37)22-34)65(47)29-54(55,56)57)60-48(67)46(33-10-5-6-11-33)63-20-9-18-53(26-63)27-64(28-53)50(69)45-44(61-45)32-14-15-32/h7,12,16-17,19,22,25,31-33,38-39,44-46,61-62H,5-6,8-11,13-15,18,20-21,23-24,26-30H2,1-4H3,(H,60,67)/t38-,39-,44+,45+,46-/m0/s1. The van der Waals surface area contributed by atoms with E-state index < -0.39 is 42.2 Å². The molecule has 1 spiro atoms. The third kappa shape index (κ3) is 9.93. The highest BCUT2D eigenvalue weighted by molar-refractivity contribution is 7.10. The van der Waals surface area contributed by atoms with Crippen LogP contribution < -0.4 is 16.1 Å². The van der Waals surface area contributed by atoms with E-state index in [1.54, 1.807) is 24.4 Å². The molecule has 6 fully saturated rings. The van der Waals surface area contributed by atoms with Crippen molar-refractivity contribution >= 4 is 45.9 Å². The van der Waals surface area contributed by atoms with Crippen molar-refractivity contribution in [2.75, 3.05) is 39.3 Å². The van der Waals surface area contributed by atoms with Crippen molar-refractivity contribution in [3.8, 4) is 22.5 Å². The van der Waals surface area contributed by atoms with E-state index in [9.17, 15) is 27.6 Å². The maximum Gasteiger partial charge on any atom is 0.406 e. The van der Waals surface area contributed by atoms with Crippen LogP contribution in [0.25, 0.3) is 33.4 Å². The third-order valence-electron chi connectivity index (χ3n) is 16.6. The number of hydrazine groups is 1. The van der Waals surface area contributed by atoms with Gasteiger partial charge in [-0.2, -0.15) is 13.2 Å². The Labute approximate surface area is 423 Å². The Morgan fingerprint density at radius 1 is 1.00 bits per heavy atom. The van der Waals surface area contributed by atoms with Crippen LogP contribution in [-0.2, 0) is 43.3 Å². The fourth-order valence-electron chi connectivity index (χ4n) is 12.9. The monoisotopic (exact) mass is 1010 g/mol. The summed E-state index contributed by atoms with van der Waals surface area (Å²) in [5.41, 5.74) is 6.48. The molecule has 7 aliphatic rings. The van der Waals surface area contributed by atoms with Gasteiger partial charge in [0.05, 0.1) is 34.7 Å². The number of nitrogens with one attached hydrogen (secondary N) is 3. The zero-order chi connectivity index (χ0) is 50.3. The maximum absolute atomic E-state index is 15.1. The molecular weight excluding hydrogens is 944 g/mol. The minimum Gasteiger partial charge on any atom is -0.464 e. The Morgan fingerprint density at radius 2 is 1.79 bits per heavy atom. The molecule has 2 aliphatic carbocycles. The highest BCUT2D eigenvalue weighted by Crippen LogP contribution is 2.46. The Kier molecular flexibility index (Phi) is 13.1. The molecule has 1 aromatic carbocycles. The Hall–Kier alpha value is -4.91. The first kappa shape index (κ1) is 49.3. The summed E-state index contributed by atoms with van der Waals surface area (Å²) >= 11 is 1.37. The second-order valence-electron chi connectivity index (χ2n) is 23.3. The van der Waals surface area contributed by atoms with Gasteiger partial charge in [0.1, 0.15) is 24.7 Å². The van der Waals surface area contributed by atoms with Gasteiger partial charge in [0.2, 0.25) is 11.8 Å². The van der Waals surface area contributed by atoms with Crippen molar-refractivity contribution in [1.82, 2.24) is 45.4 Å². The molecule has 5 atom stereocenters. The van der Waals surface area contributed by atoms with Gasteiger partial charge in [0.25, 0.3) is 5.91 Å². The van der Waals surface area contributed by atoms with Gasteiger partial charge in [-0.25, -0.2) is 10.4 Å². The number of halogens is 3. The summed E-state index contributed by atoms with van der Waals surface area (Å²) < 4.78 is 51.5. The van der Waals surface area contributed by atoms with Gasteiger partial charge in [0, 0.05) is 83.1 Å². The molecule has 386 valence electrons. The summed E-state index contributed by atoms with van der Waals surface area (Å²) in [7, 11) is 0. The minimum atomic E-state index is -4.54. The van der Waals surface area contributed by atoms with Crippen LogP contribution in [0.4, 0.5) is 13.2 Å². The fourth-order valence-corrected chi connectivity index (χ4v) is 13.8. The Morgan fingerprint density at radius 3 is 2.54 bits per heavy atom. The number of thiazole rings is 1. The predicted octanol–water partition coefficient (Wildman–Crippen LogP) is 7.39. The number of hydrogen-bond donors (Lipinski definition) is 3. The zero-order valence-electron chi connectivity index (χ0n) is 41.9. The first-order valence-corrected chi connectivity index (χ1v) is 27.3. The van der Waals surface area contributed by atoms with Crippen LogP contribution in [0.2, 0.25) is 0 Å². The molecule has 72 heavy (non-hydrogen) atoms. The lowest BCUT2D eigenvalue weighted by atomic mass is 9.72. The number of hydrogen-bond acceptors (Lipinski definition) is 11. The smallest absolute Gasteiger partial charge is 0.406 e. The van der Waals surface area contributed by atoms with Crippen molar-refractivity contribution in [2.45, 2.75) is 154 Å². The van der Waals surface area contributed by atoms with E-state index in [2.05, 4.69) is 25.9 Å². The molecule has 3 amide bonds. The number of pyridine rings is 1. The first-order valence-electron chi connectivity index (χ1n) is 26.4. The molecule has 6 bridgehead atoms. The number of nitrogens with zero attached hydrogens (tertiary/aromatic N) is 6. The van der Waals surface area contributed by atoms with Crippen LogP contribution in [0.5, 0.6) is 0 Å². The number of alkyl halides is 3. The highest BCUT2D eigenvalue weighted by Gasteiger charge is 2.57. The van der Waals surface area contributed by atoms with E-state index in [0.29, 0.717) is 101 Å². The lowest BCUT2D eigenvalue weighted by Crippen LogP contribution is -2.68. The number of piperidine rings is 1. The van der Waals surface area contributed by atoms with Gasteiger partial charge in [0.15, 0.2) is 0 Å². The molecule has 8 heterocycles. The van der Waals surface area contributed by atoms with Crippen LogP contribution in [0.15, 0.2) is 41.9 Å². The number of likely N-dealkylation sites (tertiary alicyclic amines) is 2. The molecule has 4 saturated heterocycles. The molecule has 18 heteroatoms. The van der Waals surface area contributed by atoms with Crippen molar-refractivity contribution < 1.29 is 37.1 Å². The normalized spacial score (nSPS) is 26.4. The number of aromatic nitrogens is 3. The molecule has 3 aromatic heterocycles. The number of rotatable bonds is 9. The third-order valence-corrected chi connectivity index (χ3v) is 17.4. The van der Waals surface area contributed by atoms with Crippen LogP contribution in [0, 0.1) is 22.7 Å². The second-order valence-corrected chi connectivity index (χ2v) is 24.2. The molecule has 3 N–H and O–H groups in total. The van der Waals surface area contributed by atoms with Crippen LogP contribution in [-0.4, -0.2) is 129 Å². The van der Waals surface area contributed by atoms with E-state index in [-0.39, 0.29) is 60.5 Å². The average Bonchev–Trinajstić information content (AvgIpc) is 4.21. The van der Waals surface area contributed by atoms with E-state index >= 15 is 4.79 Å². The quantitative estimate of drug-likeness (QED) is 0.114. The predicted molar refractivity (Wildman–Crippen MR) is 267 cm³/mol. The SMILES string of the molecule is CC(C)c1ncccc1-c1c2c3cc(ccc3n1CC(F)(F)F)-c1csc(n1)C[C@H](NC(=O)[C@H](C1CCCC1)N1CCCC3(CN(C(=O)[C@@H]4N[C@@H]4C4CC4)C3)C1)C(=O)N1CCC[C@H](N1)C(=O)OCC(C)(C)C2. The van der Waals surface area contributed by atoms with E-state index in [1.165, 1.54) is 33.8 Å². The van der Waals surface area contributed by atoms with E-state index in [4.69, 9.17) is 9.72 Å². The highest BCUT2D eigenvalue weighted by atomic mass is 32.1. The Balaban J connectivity index is 0.923. The molecule has 11 rings (SSSR count). The first-order chi connectivity index (χ1) is 34.4. The van der Waals surface area contributed by atoms with Crippen molar-refractivity contribution in [2.24, 2.45) is 22.7 Å². The Bertz CT molecular complexity index is 2740. The maximum atomic E-state index is 15.1. The van der Waals surface area contributed by atoms with Crippen molar-refractivity contribution in [3.05, 3.63) is 58.2 Å². The number of fused-ring (bicyclic) bond motifs is 6. The van der Waals surface area contributed by atoms with Gasteiger partial charge < -0.3 is 19.5 Å². The topological polar surface area (TPSA) is 164 Å².